The second-order valence-electron chi connectivity index (χ2n) is 6.46. The highest BCUT2D eigenvalue weighted by Gasteiger charge is 2.31. The molecule has 1 N–H and O–H groups in total. The molecule has 134 valence electrons. The summed E-state index contributed by atoms with van der Waals surface area (Å²) < 4.78 is 24.8. The van der Waals surface area contributed by atoms with Gasteiger partial charge in [0.15, 0.2) is 5.13 Å². The summed E-state index contributed by atoms with van der Waals surface area (Å²) in [6, 6.07) is 0. The maximum absolute atomic E-state index is 12.5. The standard InChI is InChI=1S/C15H24N4O3S2/c1-3-18-8-6-12-13(10-18)23-15(16-12)17-14(20)11-5-4-7-19(9-11)24(2,21)22/h11H,3-10H2,1-2H3,(H,16,17,20). The third kappa shape index (κ3) is 3.96. The number of carbonyl (C=O) groups excluding carboxylic acids is 1. The number of anilines is 1. The van der Waals surface area contributed by atoms with Gasteiger partial charge in [0, 0.05) is 37.5 Å². The number of piperidine rings is 1. The van der Waals surface area contributed by atoms with E-state index in [1.165, 1.54) is 26.8 Å². The Labute approximate surface area is 147 Å². The van der Waals surface area contributed by atoms with Gasteiger partial charge in [-0.3, -0.25) is 9.69 Å². The molecule has 3 heterocycles. The van der Waals surface area contributed by atoms with Crippen LogP contribution in [0.3, 0.4) is 0 Å². The molecule has 2 aliphatic heterocycles. The van der Waals surface area contributed by atoms with Crippen molar-refractivity contribution in [3.05, 3.63) is 10.6 Å². The average Bonchev–Trinajstić information content (AvgIpc) is 2.95. The monoisotopic (exact) mass is 372 g/mol. The van der Waals surface area contributed by atoms with E-state index in [0.717, 1.165) is 31.7 Å². The van der Waals surface area contributed by atoms with Gasteiger partial charge in [-0.15, -0.1) is 11.3 Å². The SMILES string of the molecule is CCN1CCc2nc(NC(=O)C3CCCN(S(C)(=O)=O)C3)sc2C1. The van der Waals surface area contributed by atoms with Crippen molar-refractivity contribution in [2.24, 2.45) is 5.92 Å². The summed E-state index contributed by atoms with van der Waals surface area (Å²) in [6.07, 6.45) is 3.54. The highest BCUT2D eigenvalue weighted by molar-refractivity contribution is 7.88. The van der Waals surface area contributed by atoms with Crippen LogP contribution in [0.15, 0.2) is 0 Å². The number of hydrogen-bond donors (Lipinski definition) is 1. The van der Waals surface area contributed by atoms with Crippen molar-refractivity contribution >= 4 is 32.4 Å². The number of nitrogens with zero attached hydrogens (tertiary/aromatic N) is 3. The molecule has 0 aliphatic carbocycles. The summed E-state index contributed by atoms with van der Waals surface area (Å²) in [7, 11) is -3.24. The van der Waals surface area contributed by atoms with Crippen LogP contribution in [-0.2, 0) is 27.8 Å². The minimum Gasteiger partial charge on any atom is -0.302 e. The lowest BCUT2D eigenvalue weighted by Crippen LogP contribution is -2.43. The van der Waals surface area contributed by atoms with E-state index in [-0.39, 0.29) is 18.4 Å². The van der Waals surface area contributed by atoms with Crippen LogP contribution in [0, 0.1) is 5.92 Å². The zero-order chi connectivity index (χ0) is 17.3. The number of carbonyl (C=O) groups is 1. The van der Waals surface area contributed by atoms with Crippen LogP contribution in [0.4, 0.5) is 5.13 Å². The van der Waals surface area contributed by atoms with Gasteiger partial charge in [-0.2, -0.15) is 0 Å². The Kier molecular flexibility index (Phi) is 5.24. The third-order valence-electron chi connectivity index (χ3n) is 4.71. The molecular formula is C15H24N4O3S2. The summed E-state index contributed by atoms with van der Waals surface area (Å²) in [6.45, 7) is 5.82. The van der Waals surface area contributed by atoms with Gasteiger partial charge < -0.3 is 5.32 Å². The molecular weight excluding hydrogens is 348 g/mol. The molecule has 24 heavy (non-hydrogen) atoms. The van der Waals surface area contributed by atoms with E-state index >= 15 is 0 Å². The fourth-order valence-corrected chi connectivity index (χ4v) is 5.20. The van der Waals surface area contributed by atoms with Gasteiger partial charge >= 0.3 is 0 Å². The normalized spacial score (nSPS) is 23.0. The lowest BCUT2D eigenvalue weighted by molar-refractivity contribution is -0.120. The molecule has 1 aromatic rings. The predicted octanol–water partition coefficient (Wildman–Crippen LogP) is 1.13. The van der Waals surface area contributed by atoms with Crippen molar-refractivity contribution < 1.29 is 13.2 Å². The number of amides is 1. The van der Waals surface area contributed by atoms with E-state index in [2.05, 4.69) is 22.1 Å². The number of hydrogen-bond acceptors (Lipinski definition) is 6. The Morgan fingerprint density at radius 2 is 2.21 bits per heavy atom. The van der Waals surface area contributed by atoms with Gasteiger partial charge in [0.2, 0.25) is 15.9 Å². The number of aromatic nitrogens is 1. The molecule has 1 amide bonds. The first kappa shape index (κ1) is 17.8. The maximum Gasteiger partial charge on any atom is 0.230 e. The number of fused-ring (bicyclic) bond motifs is 1. The van der Waals surface area contributed by atoms with Gasteiger partial charge in [0.25, 0.3) is 0 Å². The van der Waals surface area contributed by atoms with Crippen molar-refractivity contribution in [3.63, 3.8) is 0 Å². The minimum absolute atomic E-state index is 0.123. The quantitative estimate of drug-likeness (QED) is 0.857. The Hall–Kier alpha value is -1.03. The van der Waals surface area contributed by atoms with Crippen molar-refractivity contribution in [2.75, 3.05) is 37.8 Å². The van der Waals surface area contributed by atoms with E-state index in [0.29, 0.717) is 24.5 Å². The second kappa shape index (κ2) is 7.07. The van der Waals surface area contributed by atoms with Gasteiger partial charge in [0.1, 0.15) is 0 Å². The molecule has 0 saturated carbocycles. The molecule has 7 nitrogen and oxygen atoms in total. The van der Waals surface area contributed by atoms with Crippen LogP contribution in [0.5, 0.6) is 0 Å². The molecule has 1 atom stereocenters. The molecule has 0 radical (unpaired) electrons. The fourth-order valence-electron chi connectivity index (χ4n) is 3.24. The zero-order valence-electron chi connectivity index (χ0n) is 14.1. The summed E-state index contributed by atoms with van der Waals surface area (Å²) in [5.74, 6) is -0.427. The highest BCUT2D eigenvalue weighted by atomic mass is 32.2. The molecule has 1 unspecified atom stereocenters. The topological polar surface area (TPSA) is 82.6 Å². The summed E-state index contributed by atoms with van der Waals surface area (Å²) in [5, 5.41) is 3.54. The van der Waals surface area contributed by atoms with Crippen LogP contribution in [0.25, 0.3) is 0 Å². The second-order valence-corrected chi connectivity index (χ2v) is 9.52. The highest BCUT2D eigenvalue weighted by Crippen LogP contribution is 2.29. The van der Waals surface area contributed by atoms with Crippen LogP contribution in [0.1, 0.15) is 30.3 Å². The van der Waals surface area contributed by atoms with Crippen LogP contribution in [-0.4, -0.2) is 60.9 Å². The van der Waals surface area contributed by atoms with Crippen LogP contribution in [0.2, 0.25) is 0 Å². The fraction of sp³-hybridized carbons (Fsp3) is 0.733. The molecule has 2 aliphatic rings. The molecule has 1 fully saturated rings. The van der Waals surface area contributed by atoms with Crippen molar-refractivity contribution in [3.8, 4) is 0 Å². The van der Waals surface area contributed by atoms with Crippen LogP contribution >= 0.6 is 11.3 Å². The molecule has 0 spiro atoms. The van der Waals surface area contributed by atoms with Crippen LogP contribution < -0.4 is 5.32 Å². The van der Waals surface area contributed by atoms with E-state index in [9.17, 15) is 13.2 Å². The van der Waals surface area contributed by atoms with Crippen molar-refractivity contribution in [1.29, 1.82) is 0 Å². The molecule has 1 saturated heterocycles. The third-order valence-corrected chi connectivity index (χ3v) is 6.98. The Morgan fingerprint density at radius 1 is 1.42 bits per heavy atom. The number of nitrogens with one attached hydrogen (secondary N) is 1. The van der Waals surface area contributed by atoms with E-state index in [1.54, 1.807) is 0 Å². The van der Waals surface area contributed by atoms with E-state index in [4.69, 9.17) is 0 Å². The molecule has 1 aromatic heterocycles. The molecule has 3 rings (SSSR count). The lowest BCUT2D eigenvalue weighted by atomic mass is 9.99. The zero-order valence-corrected chi connectivity index (χ0v) is 15.8. The van der Waals surface area contributed by atoms with E-state index in [1.807, 2.05) is 0 Å². The van der Waals surface area contributed by atoms with Gasteiger partial charge in [-0.1, -0.05) is 6.92 Å². The first-order valence-electron chi connectivity index (χ1n) is 8.33. The summed E-state index contributed by atoms with van der Waals surface area (Å²) in [4.78, 5) is 20.6. The van der Waals surface area contributed by atoms with E-state index < -0.39 is 10.0 Å². The molecule has 0 aromatic carbocycles. The van der Waals surface area contributed by atoms with Gasteiger partial charge in [-0.25, -0.2) is 17.7 Å². The van der Waals surface area contributed by atoms with Crippen molar-refractivity contribution in [1.82, 2.24) is 14.2 Å². The number of rotatable bonds is 4. The Balaban J connectivity index is 1.64. The first-order valence-corrected chi connectivity index (χ1v) is 11.0. The summed E-state index contributed by atoms with van der Waals surface area (Å²) in [5.41, 5.74) is 1.08. The minimum atomic E-state index is -3.24. The number of sulfonamides is 1. The average molecular weight is 373 g/mol. The number of likely N-dealkylation sites (N-methyl/N-ethyl adjacent to an activating group) is 1. The van der Waals surface area contributed by atoms with Crippen molar-refractivity contribution in [2.45, 2.75) is 32.7 Å². The largest absolute Gasteiger partial charge is 0.302 e. The lowest BCUT2D eigenvalue weighted by Gasteiger charge is -2.29. The predicted molar refractivity (Wildman–Crippen MR) is 94.5 cm³/mol. The molecule has 9 heteroatoms. The summed E-state index contributed by atoms with van der Waals surface area (Å²) >= 11 is 1.54. The Bertz CT molecular complexity index is 716. The first-order chi connectivity index (χ1) is 11.4. The number of thiazole rings is 1. The van der Waals surface area contributed by atoms with Gasteiger partial charge in [0.05, 0.1) is 17.9 Å². The van der Waals surface area contributed by atoms with Gasteiger partial charge in [-0.05, 0) is 19.4 Å². The smallest absolute Gasteiger partial charge is 0.230 e. The Morgan fingerprint density at radius 3 is 2.92 bits per heavy atom. The molecule has 0 bridgehead atoms. The maximum atomic E-state index is 12.5.